The number of anilines is 1. The van der Waals surface area contributed by atoms with E-state index in [1.165, 1.54) is 6.08 Å². The summed E-state index contributed by atoms with van der Waals surface area (Å²) in [5.74, 6) is 0.330. The minimum Gasteiger partial charge on any atom is -0.489 e. The second kappa shape index (κ2) is 7.89. The van der Waals surface area contributed by atoms with Gasteiger partial charge in [0.2, 0.25) is 5.91 Å². The highest BCUT2D eigenvalue weighted by Crippen LogP contribution is 2.28. The Kier molecular flexibility index (Phi) is 6.46. The van der Waals surface area contributed by atoms with Crippen molar-refractivity contribution in [2.45, 2.75) is 6.92 Å². The van der Waals surface area contributed by atoms with Crippen LogP contribution in [-0.4, -0.2) is 25.7 Å². The van der Waals surface area contributed by atoms with Gasteiger partial charge in [-0.05, 0) is 31.2 Å². The van der Waals surface area contributed by atoms with Crippen molar-refractivity contribution in [3.05, 3.63) is 35.3 Å². The van der Waals surface area contributed by atoms with E-state index in [-0.39, 0.29) is 5.91 Å². The number of amides is 1. The summed E-state index contributed by atoms with van der Waals surface area (Å²) in [6.45, 7) is 6.95. The molecule has 0 unspecified atom stereocenters. The van der Waals surface area contributed by atoms with Crippen LogP contribution in [0.2, 0.25) is 0 Å². The second-order valence-corrected chi connectivity index (χ2v) is 4.29. The molecule has 0 atom stereocenters. The third-order valence-corrected chi connectivity index (χ3v) is 2.57. The van der Waals surface area contributed by atoms with E-state index in [0.29, 0.717) is 31.3 Å². The SMILES string of the molecule is C=CC(=O)Nc1cc(Br)ccc1OCCOCC. The molecule has 0 aliphatic carbocycles. The Hall–Kier alpha value is -1.33. The molecule has 1 amide bonds. The van der Waals surface area contributed by atoms with E-state index >= 15 is 0 Å². The molecule has 0 saturated heterocycles. The molecular weight excluding hydrogens is 298 g/mol. The predicted octanol–water partition coefficient (Wildman–Crippen LogP) is 2.99. The van der Waals surface area contributed by atoms with Gasteiger partial charge in [-0.15, -0.1) is 0 Å². The number of hydrogen-bond acceptors (Lipinski definition) is 3. The van der Waals surface area contributed by atoms with Crippen LogP contribution in [0.1, 0.15) is 6.92 Å². The highest BCUT2D eigenvalue weighted by molar-refractivity contribution is 9.10. The minimum absolute atomic E-state index is 0.275. The first-order chi connectivity index (χ1) is 8.67. The smallest absolute Gasteiger partial charge is 0.247 e. The van der Waals surface area contributed by atoms with Gasteiger partial charge < -0.3 is 14.8 Å². The van der Waals surface area contributed by atoms with Gasteiger partial charge in [0.05, 0.1) is 12.3 Å². The largest absolute Gasteiger partial charge is 0.489 e. The van der Waals surface area contributed by atoms with Crippen LogP contribution in [0.3, 0.4) is 0 Å². The number of nitrogens with one attached hydrogen (secondary N) is 1. The number of hydrogen-bond donors (Lipinski definition) is 1. The fourth-order valence-corrected chi connectivity index (χ4v) is 1.63. The highest BCUT2D eigenvalue weighted by atomic mass is 79.9. The topological polar surface area (TPSA) is 47.6 Å². The molecule has 0 aliphatic heterocycles. The zero-order valence-electron chi connectivity index (χ0n) is 10.2. The summed E-state index contributed by atoms with van der Waals surface area (Å²) in [5, 5.41) is 2.69. The second-order valence-electron chi connectivity index (χ2n) is 3.38. The van der Waals surface area contributed by atoms with Crippen molar-refractivity contribution in [2.75, 3.05) is 25.1 Å². The molecule has 98 valence electrons. The zero-order chi connectivity index (χ0) is 13.4. The van der Waals surface area contributed by atoms with Crippen LogP contribution in [-0.2, 0) is 9.53 Å². The molecule has 0 bridgehead atoms. The molecule has 1 N–H and O–H groups in total. The lowest BCUT2D eigenvalue weighted by molar-refractivity contribution is -0.111. The van der Waals surface area contributed by atoms with E-state index in [4.69, 9.17) is 9.47 Å². The van der Waals surface area contributed by atoms with Crippen LogP contribution in [0.5, 0.6) is 5.75 Å². The first-order valence-corrected chi connectivity index (χ1v) is 6.40. The van der Waals surface area contributed by atoms with E-state index in [1.54, 1.807) is 12.1 Å². The Balaban J connectivity index is 2.70. The summed E-state index contributed by atoms with van der Waals surface area (Å²) in [4.78, 5) is 11.3. The lowest BCUT2D eigenvalue weighted by Crippen LogP contribution is -2.11. The predicted molar refractivity (Wildman–Crippen MR) is 75.0 cm³/mol. The van der Waals surface area contributed by atoms with Gasteiger partial charge in [0.25, 0.3) is 0 Å². The number of carbonyl (C=O) groups excluding carboxylic acids is 1. The van der Waals surface area contributed by atoms with E-state index in [0.717, 1.165) is 4.47 Å². The Labute approximate surface area is 115 Å². The van der Waals surface area contributed by atoms with Gasteiger partial charge >= 0.3 is 0 Å². The molecule has 18 heavy (non-hydrogen) atoms. The van der Waals surface area contributed by atoms with Gasteiger partial charge in [0, 0.05) is 11.1 Å². The van der Waals surface area contributed by atoms with Crippen LogP contribution >= 0.6 is 15.9 Å². The molecule has 1 aromatic rings. The Morgan fingerprint density at radius 1 is 1.50 bits per heavy atom. The van der Waals surface area contributed by atoms with Crippen molar-refractivity contribution in [2.24, 2.45) is 0 Å². The van der Waals surface area contributed by atoms with Crippen molar-refractivity contribution in [1.29, 1.82) is 0 Å². The number of carbonyl (C=O) groups is 1. The maximum absolute atomic E-state index is 11.3. The molecular formula is C13H16BrNO3. The number of rotatable bonds is 7. The van der Waals surface area contributed by atoms with Gasteiger partial charge in [0.1, 0.15) is 12.4 Å². The fourth-order valence-electron chi connectivity index (χ4n) is 1.26. The van der Waals surface area contributed by atoms with Crippen LogP contribution < -0.4 is 10.1 Å². The Morgan fingerprint density at radius 2 is 2.28 bits per heavy atom. The summed E-state index contributed by atoms with van der Waals surface area (Å²) >= 11 is 3.34. The quantitative estimate of drug-likeness (QED) is 0.622. The third-order valence-electron chi connectivity index (χ3n) is 2.07. The lowest BCUT2D eigenvalue weighted by atomic mass is 10.3. The normalized spacial score (nSPS) is 9.89. The monoisotopic (exact) mass is 313 g/mol. The number of benzene rings is 1. The minimum atomic E-state index is -0.275. The van der Waals surface area contributed by atoms with E-state index in [9.17, 15) is 4.79 Å². The Morgan fingerprint density at radius 3 is 2.94 bits per heavy atom. The third kappa shape index (κ3) is 4.89. The van der Waals surface area contributed by atoms with Crippen molar-refractivity contribution >= 4 is 27.5 Å². The van der Waals surface area contributed by atoms with E-state index in [2.05, 4.69) is 27.8 Å². The number of ether oxygens (including phenoxy) is 2. The maximum Gasteiger partial charge on any atom is 0.247 e. The van der Waals surface area contributed by atoms with Crippen LogP contribution in [0, 0.1) is 0 Å². The lowest BCUT2D eigenvalue weighted by Gasteiger charge is -2.12. The summed E-state index contributed by atoms with van der Waals surface area (Å²) in [5.41, 5.74) is 0.603. The average Bonchev–Trinajstić information content (AvgIpc) is 2.36. The van der Waals surface area contributed by atoms with Crippen molar-refractivity contribution in [3.8, 4) is 5.75 Å². The molecule has 0 saturated carbocycles. The molecule has 0 aliphatic rings. The van der Waals surface area contributed by atoms with Gasteiger partial charge in [0.15, 0.2) is 0 Å². The zero-order valence-corrected chi connectivity index (χ0v) is 11.8. The van der Waals surface area contributed by atoms with Gasteiger partial charge in [-0.1, -0.05) is 22.5 Å². The van der Waals surface area contributed by atoms with Crippen molar-refractivity contribution < 1.29 is 14.3 Å². The fraction of sp³-hybridized carbons (Fsp3) is 0.308. The molecule has 0 heterocycles. The molecule has 4 nitrogen and oxygen atoms in total. The van der Waals surface area contributed by atoms with Gasteiger partial charge in [-0.2, -0.15) is 0 Å². The molecule has 1 aromatic carbocycles. The molecule has 0 radical (unpaired) electrons. The number of halogens is 1. The Bertz CT molecular complexity index is 421. The molecule has 0 aromatic heterocycles. The standard InChI is InChI=1S/C13H16BrNO3/c1-3-13(16)15-11-9-10(14)5-6-12(11)18-8-7-17-4-2/h3,5-6,9H,1,4,7-8H2,2H3,(H,15,16). The highest BCUT2D eigenvalue weighted by Gasteiger charge is 2.06. The van der Waals surface area contributed by atoms with Crippen LogP contribution in [0.15, 0.2) is 35.3 Å². The summed E-state index contributed by atoms with van der Waals surface area (Å²) < 4.78 is 11.6. The average molecular weight is 314 g/mol. The summed E-state index contributed by atoms with van der Waals surface area (Å²) in [6.07, 6.45) is 1.21. The van der Waals surface area contributed by atoms with Crippen LogP contribution in [0.4, 0.5) is 5.69 Å². The van der Waals surface area contributed by atoms with Crippen molar-refractivity contribution in [3.63, 3.8) is 0 Å². The van der Waals surface area contributed by atoms with Gasteiger partial charge in [-0.25, -0.2) is 0 Å². The van der Waals surface area contributed by atoms with Crippen LogP contribution in [0.25, 0.3) is 0 Å². The molecule has 0 spiro atoms. The van der Waals surface area contributed by atoms with E-state index in [1.807, 2.05) is 13.0 Å². The molecule has 0 fully saturated rings. The van der Waals surface area contributed by atoms with Gasteiger partial charge in [-0.3, -0.25) is 4.79 Å². The molecule has 5 heteroatoms. The molecule has 1 rings (SSSR count). The first-order valence-electron chi connectivity index (χ1n) is 5.61. The summed E-state index contributed by atoms with van der Waals surface area (Å²) in [7, 11) is 0. The van der Waals surface area contributed by atoms with Crippen molar-refractivity contribution in [1.82, 2.24) is 0 Å². The van der Waals surface area contributed by atoms with E-state index < -0.39 is 0 Å². The first kappa shape index (κ1) is 14.7. The summed E-state index contributed by atoms with van der Waals surface area (Å²) in [6, 6.07) is 5.41. The maximum atomic E-state index is 11.3.